The van der Waals surface area contributed by atoms with Crippen LogP contribution in [-0.4, -0.2) is 29.6 Å². The molecule has 0 radical (unpaired) electrons. The van der Waals surface area contributed by atoms with Gasteiger partial charge in [-0.3, -0.25) is 0 Å². The number of hydrogen-bond acceptors (Lipinski definition) is 7. The molecule has 1 aromatic rings. The Labute approximate surface area is 106 Å². The summed E-state index contributed by atoms with van der Waals surface area (Å²) in [6, 6.07) is 5.65. The van der Waals surface area contributed by atoms with E-state index in [1.165, 1.54) is 4.90 Å². The summed E-state index contributed by atoms with van der Waals surface area (Å²) in [5, 5.41) is 20.5. The number of nitrogens with two attached hydrogens (primary N) is 1. The number of nitrogen functional groups attached to an aromatic ring is 1. The fraction of sp³-hybridized carbons (Fsp3) is 0.455. The van der Waals surface area contributed by atoms with E-state index in [1.54, 1.807) is 6.07 Å². The molecule has 1 aromatic heterocycles. The summed E-state index contributed by atoms with van der Waals surface area (Å²) in [6.45, 7) is 2.97. The fourth-order valence-electron chi connectivity index (χ4n) is 1.35. The average Bonchev–Trinajstić information content (AvgIpc) is 2.35. The summed E-state index contributed by atoms with van der Waals surface area (Å²) >= 11 is 0. The standard InChI is InChI=1S/C11H15N7/c1-2-5-15-9-8-10(17-11(14)16-9)18(6-3-12)7-4-13/h8H,2,5-7H2,1H3,(H3,14,15,16,17). The van der Waals surface area contributed by atoms with Crippen molar-refractivity contribution in [1.29, 1.82) is 10.5 Å². The van der Waals surface area contributed by atoms with Crippen LogP contribution in [0.4, 0.5) is 17.6 Å². The van der Waals surface area contributed by atoms with E-state index >= 15 is 0 Å². The first-order chi connectivity index (χ1) is 8.71. The van der Waals surface area contributed by atoms with Gasteiger partial charge in [-0.25, -0.2) is 0 Å². The lowest BCUT2D eigenvalue weighted by Crippen LogP contribution is -2.25. The van der Waals surface area contributed by atoms with E-state index in [0.717, 1.165) is 13.0 Å². The zero-order valence-electron chi connectivity index (χ0n) is 10.2. The lowest BCUT2D eigenvalue weighted by Gasteiger charge is -2.17. The average molecular weight is 245 g/mol. The molecule has 0 atom stereocenters. The Morgan fingerprint density at radius 1 is 1.33 bits per heavy atom. The maximum Gasteiger partial charge on any atom is 0.223 e. The van der Waals surface area contributed by atoms with Gasteiger partial charge in [0.05, 0.1) is 12.1 Å². The van der Waals surface area contributed by atoms with Gasteiger partial charge in [0.2, 0.25) is 5.95 Å². The van der Waals surface area contributed by atoms with Crippen LogP contribution < -0.4 is 16.0 Å². The highest BCUT2D eigenvalue weighted by molar-refractivity contribution is 5.53. The van der Waals surface area contributed by atoms with Crippen LogP contribution in [0.5, 0.6) is 0 Å². The van der Waals surface area contributed by atoms with Crippen LogP contribution >= 0.6 is 0 Å². The minimum atomic E-state index is 0.0806. The highest BCUT2D eigenvalue weighted by atomic mass is 15.2. The minimum absolute atomic E-state index is 0.0806. The van der Waals surface area contributed by atoms with Crippen LogP contribution in [0.3, 0.4) is 0 Å². The van der Waals surface area contributed by atoms with E-state index in [0.29, 0.717) is 11.6 Å². The van der Waals surface area contributed by atoms with E-state index in [9.17, 15) is 0 Å². The third-order valence-electron chi connectivity index (χ3n) is 2.13. The number of rotatable bonds is 6. The van der Waals surface area contributed by atoms with Gasteiger partial charge in [-0.1, -0.05) is 6.92 Å². The van der Waals surface area contributed by atoms with Crippen molar-refractivity contribution in [3.05, 3.63) is 6.07 Å². The van der Waals surface area contributed by atoms with Gasteiger partial charge in [-0.05, 0) is 6.42 Å². The van der Waals surface area contributed by atoms with E-state index in [-0.39, 0.29) is 19.0 Å². The summed E-state index contributed by atoms with van der Waals surface area (Å²) in [5.41, 5.74) is 5.61. The van der Waals surface area contributed by atoms with Crippen molar-refractivity contribution in [2.75, 3.05) is 35.6 Å². The van der Waals surface area contributed by atoms with E-state index in [1.807, 2.05) is 19.1 Å². The molecular formula is C11H15N7. The predicted molar refractivity (Wildman–Crippen MR) is 68.7 cm³/mol. The maximum absolute atomic E-state index is 8.71. The molecule has 1 heterocycles. The zero-order chi connectivity index (χ0) is 13.4. The summed E-state index contributed by atoms with van der Waals surface area (Å²) in [5.74, 6) is 1.19. The Kier molecular flexibility index (Phi) is 5.20. The molecular weight excluding hydrogens is 230 g/mol. The van der Waals surface area contributed by atoms with Gasteiger partial charge in [-0.15, -0.1) is 0 Å². The van der Waals surface area contributed by atoms with Crippen LogP contribution in [0.15, 0.2) is 6.07 Å². The van der Waals surface area contributed by atoms with E-state index in [2.05, 4.69) is 15.3 Å². The number of nitrogens with one attached hydrogen (secondary N) is 1. The number of hydrogen-bond donors (Lipinski definition) is 2. The SMILES string of the molecule is CCCNc1cc(N(CC#N)CC#N)nc(N)n1. The van der Waals surface area contributed by atoms with Crippen LogP contribution in [0.1, 0.15) is 13.3 Å². The predicted octanol–water partition coefficient (Wildman–Crippen LogP) is 0.734. The molecule has 0 aliphatic carbocycles. The maximum atomic E-state index is 8.71. The number of nitrogens with zero attached hydrogens (tertiary/aromatic N) is 5. The molecule has 94 valence electrons. The van der Waals surface area contributed by atoms with Crippen molar-refractivity contribution in [3.8, 4) is 12.1 Å². The van der Waals surface area contributed by atoms with Crippen molar-refractivity contribution < 1.29 is 0 Å². The summed E-state index contributed by atoms with van der Waals surface area (Å²) in [7, 11) is 0. The van der Waals surface area contributed by atoms with Crippen LogP contribution in [0, 0.1) is 22.7 Å². The van der Waals surface area contributed by atoms with Crippen LogP contribution in [0.2, 0.25) is 0 Å². The first-order valence-electron chi connectivity index (χ1n) is 5.58. The first-order valence-corrected chi connectivity index (χ1v) is 5.58. The topological polar surface area (TPSA) is 115 Å². The lowest BCUT2D eigenvalue weighted by molar-refractivity contribution is 0.922. The Balaban J connectivity index is 2.96. The number of nitriles is 2. The summed E-state index contributed by atoms with van der Waals surface area (Å²) in [4.78, 5) is 9.60. The molecule has 18 heavy (non-hydrogen) atoms. The summed E-state index contributed by atoms with van der Waals surface area (Å²) < 4.78 is 0. The Morgan fingerprint density at radius 3 is 2.56 bits per heavy atom. The first kappa shape index (κ1) is 13.5. The van der Waals surface area contributed by atoms with Crippen molar-refractivity contribution in [2.24, 2.45) is 0 Å². The fourth-order valence-corrected chi connectivity index (χ4v) is 1.35. The molecule has 0 amide bonds. The highest BCUT2D eigenvalue weighted by Gasteiger charge is 2.10. The Morgan fingerprint density at radius 2 is 2.00 bits per heavy atom. The quantitative estimate of drug-likeness (QED) is 0.710. The van der Waals surface area contributed by atoms with Gasteiger partial charge < -0.3 is 16.0 Å². The normalized spacial score (nSPS) is 9.28. The smallest absolute Gasteiger partial charge is 0.223 e. The number of aromatic nitrogens is 2. The second-order valence-electron chi connectivity index (χ2n) is 3.57. The Bertz CT molecular complexity index is 455. The van der Waals surface area contributed by atoms with Gasteiger partial charge in [-0.2, -0.15) is 20.5 Å². The van der Waals surface area contributed by atoms with E-state index < -0.39 is 0 Å². The third-order valence-corrected chi connectivity index (χ3v) is 2.13. The van der Waals surface area contributed by atoms with Crippen molar-refractivity contribution >= 4 is 17.6 Å². The van der Waals surface area contributed by atoms with Crippen LogP contribution in [0.25, 0.3) is 0 Å². The molecule has 0 saturated carbocycles. The molecule has 7 heteroatoms. The molecule has 0 bridgehead atoms. The molecule has 0 aromatic carbocycles. The molecule has 1 rings (SSSR count). The van der Waals surface area contributed by atoms with Gasteiger partial charge >= 0.3 is 0 Å². The molecule has 0 saturated heterocycles. The Hall–Kier alpha value is -2.54. The lowest BCUT2D eigenvalue weighted by atomic mass is 10.4. The highest BCUT2D eigenvalue weighted by Crippen LogP contribution is 2.16. The van der Waals surface area contributed by atoms with Gasteiger partial charge in [0, 0.05) is 12.6 Å². The van der Waals surface area contributed by atoms with Gasteiger partial charge in [0.15, 0.2) is 0 Å². The van der Waals surface area contributed by atoms with Gasteiger partial charge in [0.25, 0.3) is 0 Å². The van der Waals surface area contributed by atoms with Crippen molar-refractivity contribution in [1.82, 2.24) is 9.97 Å². The molecule has 0 aliphatic rings. The van der Waals surface area contributed by atoms with Gasteiger partial charge in [0.1, 0.15) is 24.7 Å². The zero-order valence-corrected chi connectivity index (χ0v) is 10.2. The van der Waals surface area contributed by atoms with E-state index in [4.69, 9.17) is 16.3 Å². The molecule has 0 fully saturated rings. The third kappa shape index (κ3) is 3.80. The minimum Gasteiger partial charge on any atom is -0.370 e. The van der Waals surface area contributed by atoms with Crippen LogP contribution in [-0.2, 0) is 0 Å². The van der Waals surface area contributed by atoms with Crippen molar-refractivity contribution in [2.45, 2.75) is 13.3 Å². The summed E-state index contributed by atoms with van der Waals surface area (Å²) in [6.07, 6.45) is 0.958. The largest absolute Gasteiger partial charge is 0.370 e. The molecule has 0 unspecified atom stereocenters. The molecule has 7 nitrogen and oxygen atoms in total. The molecule has 0 aliphatic heterocycles. The molecule has 3 N–H and O–H groups in total. The number of anilines is 3. The molecule has 0 spiro atoms. The van der Waals surface area contributed by atoms with Crippen molar-refractivity contribution in [3.63, 3.8) is 0 Å². The second-order valence-corrected chi connectivity index (χ2v) is 3.57. The monoisotopic (exact) mass is 245 g/mol. The second kappa shape index (κ2) is 6.92.